The molecule has 2 aliphatic rings. The molecule has 2 saturated heterocycles. The minimum absolute atomic E-state index is 0.197. The molecule has 25 heavy (non-hydrogen) atoms. The number of anilines is 3. The molecule has 7 heteroatoms. The average molecular weight is 341 g/mol. The lowest BCUT2D eigenvalue weighted by Crippen LogP contribution is -2.44. The Labute approximate surface area is 148 Å². The van der Waals surface area contributed by atoms with Crippen molar-refractivity contribution in [3.63, 3.8) is 0 Å². The van der Waals surface area contributed by atoms with Gasteiger partial charge in [0.05, 0.1) is 5.69 Å². The molecule has 7 nitrogen and oxygen atoms in total. The molecule has 2 fully saturated rings. The number of hydrogen-bond donors (Lipinski definition) is 2. The Kier molecular flexibility index (Phi) is 4.25. The second-order valence-corrected chi connectivity index (χ2v) is 7.17. The maximum atomic E-state index is 5.87. The maximum absolute atomic E-state index is 5.87. The second-order valence-electron chi connectivity index (χ2n) is 7.17. The van der Waals surface area contributed by atoms with Crippen LogP contribution in [0.15, 0.2) is 18.2 Å². The zero-order chi connectivity index (χ0) is 17.4. The van der Waals surface area contributed by atoms with Crippen LogP contribution in [0, 0.1) is 6.92 Å². The summed E-state index contributed by atoms with van der Waals surface area (Å²) >= 11 is 0. The number of nitrogens with zero attached hydrogens (tertiary/aromatic N) is 5. The molecular formula is C18H27N7. The summed E-state index contributed by atoms with van der Waals surface area (Å²) in [5.74, 6) is 0.513. The largest absolute Gasteiger partial charge is 0.371 e. The SMILES string of the molecule is Cc1cc(-n2nc(N)nc2N)ccc1N1CCC(N2CCCC2)CC1. The quantitative estimate of drug-likeness (QED) is 0.885. The Morgan fingerprint density at radius 1 is 1.04 bits per heavy atom. The Bertz CT molecular complexity index is 740. The van der Waals surface area contributed by atoms with Crippen molar-refractivity contribution in [2.45, 2.75) is 38.6 Å². The number of benzene rings is 1. The van der Waals surface area contributed by atoms with Gasteiger partial charge in [0.1, 0.15) is 0 Å². The van der Waals surface area contributed by atoms with E-state index in [1.165, 1.54) is 50.0 Å². The predicted octanol–water partition coefficient (Wildman–Crippen LogP) is 1.80. The Balaban J connectivity index is 1.47. The van der Waals surface area contributed by atoms with Crippen LogP contribution < -0.4 is 16.4 Å². The number of aryl methyl sites for hydroxylation is 1. The van der Waals surface area contributed by atoms with E-state index in [2.05, 4.69) is 38.9 Å². The van der Waals surface area contributed by atoms with Crippen LogP contribution in [0.1, 0.15) is 31.2 Å². The van der Waals surface area contributed by atoms with Gasteiger partial charge >= 0.3 is 0 Å². The molecule has 0 bridgehead atoms. The first-order chi connectivity index (χ1) is 12.1. The number of piperidine rings is 1. The highest BCUT2D eigenvalue weighted by Crippen LogP contribution is 2.28. The van der Waals surface area contributed by atoms with Gasteiger partial charge in [-0.3, -0.25) is 0 Å². The first kappa shape index (κ1) is 16.2. The van der Waals surface area contributed by atoms with E-state index < -0.39 is 0 Å². The van der Waals surface area contributed by atoms with Gasteiger partial charge in [-0.15, -0.1) is 5.10 Å². The highest BCUT2D eigenvalue weighted by Gasteiger charge is 2.27. The second kappa shape index (κ2) is 6.55. The van der Waals surface area contributed by atoms with Gasteiger partial charge in [0, 0.05) is 24.8 Å². The van der Waals surface area contributed by atoms with Crippen LogP contribution in [0.3, 0.4) is 0 Å². The first-order valence-electron chi connectivity index (χ1n) is 9.20. The monoisotopic (exact) mass is 341 g/mol. The smallest absolute Gasteiger partial charge is 0.241 e. The molecule has 3 heterocycles. The molecule has 134 valence electrons. The molecule has 0 atom stereocenters. The van der Waals surface area contributed by atoms with E-state index in [4.69, 9.17) is 11.5 Å². The number of rotatable bonds is 3. The molecule has 0 saturated carbocycles. The summed E-state index contributed by atoms with van der Waals surface area (Å²) < 4.78 is 1.59. The first-order valence-corrected chi connectivity index (χ1v) is 9.20. The van der Waals surface area contributed by atoms with Crippen molar-refractivity contribution in [2.75, 3.05) is 42.5 Å². The number of nitrogens with two attached hydrogens (primary N) is 2. The fourth-order valence-corrected chi connectivity index (χ4v) is 4.24. The van der Waals surface area contributed by atoms with Gasteiger partial charge in [-0.05, 0) is 69.5 Å². The number of aromatic nitrogens is 3. The summed E-state index contributed by atoms with van der Waals surface area (Å²) in [5, 5.41) is 4.16. The standard InChI is InChI=1S/C18H27N7/c1-13-12-15(25-18(20)21-17(19)22-25)4-5-16(13)24-10-6-14(7-11-24)23-8-2-3-9-23/h4-5,12,14H,2-3,6-11H2,1H3,(H4,19,20,21,22). The van der Waals surface area contributed by atoms with E-state index in [0.29, 0.717) is 5.95 Å². The minimum Gasteiger partial charge on any atom is -0.371 e. The molecule has 1 aromatic heterocycles. The molecule has 2 aliphatic heterocycles. The van der Waals surface area contributed by atoms with Crippen molar-refractivity contribution >= 4 is 17.6 Å². The Hall–Kier alpha value is -2.28. The van der Waals surface area contributed by atoms with Crippen molar-refractivity contribution in [3.8, 4) is 5.69 Å². The molecular weight excluding hydrogens is 314 g/mol. The highest BCUT2D eigenvalue weighted by atomic mass is 15.4. The maximum Gasteiger partial charge on any atom is 0.241 e. The fourth-order valence-electron chi connectivity index (χ4n) is 4.24. The van der Waals surface area contributed by atoms with Crippen LogP contribution in [-0.2, 0) is 0 Å². The molecule has 0 unspecified atom stereocenters. The van der Waals surface area contributed by atoms with Crippen LogP contribution in [0.4, 0.5) is 17.6 Å². The summed E-state index contributed by atoms with van der Waals surface area (Å²) in [6.45, 7) is 6.98. The molecule has 4 N–H and O–H groups in total. The number of likely N-dealkylation sites (tertiary alicyclic amines) is 1. The van der Waals surface area contributed by atoms with E-state index >= 15 is 0 Å². The average Bonchev–Trinajstić information content (AvgIpc) is 3.25. The topological polar surface area (TPSA) is 89.2 Å². The third-order valence-electron chi connectivity index (χ3n) is 5.54. The summed E-state index contributed by atoms with van der Waals surface area (Å²) in [4.78, 5) is 9.16. The lowest BCUT2D eigenvalue weighted by atomic mass is 10.0. The zero-order valence-corrected chi connectivity index (χ0v) is 14.9. The zero-order valence-electron chi connectivity index (χ0n) is 14.9. The van der Waals surface area contributed by atoms with E-state index in [1.807, 2.05) is 6.07 Å². The summed E-state index contributed by atoms with van der Waals surface area (Å²) in [5.41, 5.74) is 14.9. The van der Waals surface area contributed by atoms with Crippen LogP contribution in [0.2, 0.25) is 0 Å². The Morgan fingerprint density at radius 3 is 2.36 bits per heavy atom. The van der Waals surface area contributed by atoms with Crippen molar-refractivity contribution < 1.29 is 0 Å². The van der Waals surface area contributed by atoms with Gasteiger partial charge in [-0.2, -0.15) is 9.67 Å². The van der Waals surface area contributed by atoms with Gasteiger partial charge in [-0.1, -0.05) is 0 Å². The van der Waals surface area contributed by atoms with Gasteiger partial charge < -0.3 is 21.3 Å². The molecule has 0 aliphatic carbocycles. The third kappa shape index (κ3) is 3.16. The summed E-state index contributed by atoms with van der Waals surface area (Å²) in [6, 6.07) is 7.08. The van der Waals surface area contributed by atoms with Crippen LogP contribution in [0.25, 0.3) is 5.69 Å². The number of nitrogen functional groups attached to an aromatic ring is 2. The van der Waals surface area contributed by atoms with Crippen molar-refractivity contribution in [1.29, 1.82) is 0 Å². The van der Waals surface area contributed by atoms with Crippen LogP contribution in [0.5, 0.6) is 0 Å². The van der Waals surface area contributed by atoms with E-state index in [0.717, 1.165) is 24.8 Å². The van der Waals surface area contributed by atoms with Gasteiger partial charge in [0.15, 0.2) is 0 Å². The Morgan fingerprint density at radius 2 is 1.76 bits per heavy atom. The van der Waals surface area contributed by atoms with Gasteiger partial charge in [0.2, 0.25) is 11.9 Å². The molecule has 2 aromatic rings. The minimum atomic E-state index is 0.197. The van der Waals surface area contributed by atoms with E-state index in [-0.39, 0.29) is 5.95 Å². The van der Waals surface area contributed by atoms with Crippen molar-refractivity contribution in [3.05, 3.63) is 23.8 Å². The molecule has 4 rings (SSSR count). The van der Waals surface area contributed by atoms with Crippen LogP contribution >= 0.6 is 0 Å². The van der Waals surface area contributed by atoms with Crippen molar-refractivity contribution in [2.24, 2.45) is 0 Å². The summed E-state index contributed by atoms with van der Waals surface area (Å²) in [6.07, 6.45) is 5.26. The van der Waals surface area contributed by atoms with E-state index in [9.17, 15) is 0 Å². The molecule has 0 amide bonds. The summed E-state index contributed by atoms with van der Waals surface area (Å²) in [7, 11) is 0. The van der Waals surface area contributed by atoms with Crippen LogP contribution in [-0.4, -0.2) is 51.9 Å². The predicted molar refractivity (Wildman–Crippen MR) is 101 cm³/mol. The highest BCUT2D eigenvalue weighted by molar-refractivity contribution is 5.58. The fraction of sp³-hybridized carbons (Fsp3) is 0.556. The third-order valence-corrected chi connectivity index (χ3v) is 5.54. The molecule has 0 spiro atoms. The normalized spacial score (nSPS) is 19.6. The lowest BCUT2D eigenvalue weighted by Gasteiger charge is -2.38. The lowest BCUT2D eigenvalue weighted by molar-refractivity contribution is 0.208. The van der Waals surface area contributed by atoms with E-state index in [1.54, 1.807) is 4.68 Å². The molecule has 1 aromatic carbocycles. The van der Waals surface area contributed by atoms with Gasteiger partial charge in [-0.25, -0.2) is 0 Å². The van der Waals surface area contributed by atoms with Crippen molar-refractivity contribution in [1.82, 2.24) is 19.7 Å². The number of hydrogen-bond acceptors (Lipinski definition) is 6. The van der Waals surface area contributed by atoms with Gasteiger partial charge in [0.25, 0.3) is 0 Å². The molecule has 0 radical (unpaired) electrons.